The number of aromatic nitrogens is 1. The summed E-state index contributed by atoms with van der Waals surface area (Å²) in [5.41, 5.74) is 2.47. The Balaban J connectivity index is 3.08. The second-order valence-corrected chi connectivity index (χ2v) is 5.43. The number of methoxy groups -OCH3 is 1. The lowest BCUT2D eigenvalue weighted by Gasteiger charge is -2.31. The number of hydrogen-bond acceptors (Lipinski definition) is 4. The van der Waals surface area contributed by atoms with Crippen LogP contribution in [0.4, 0.5) is 0 Å². The number of aryl methyl sites for hydroxylation is 1. The van der Waals surface area contributed by atoms with Crippen molar-refractivity contribution in [3.63, 3.8) is 0 Å². The summed E-state index contributed by atoms with van der Waals surface area (Å²) in [6, 6.07) is 0. The Morgan fingerprint density at radius 2 is 2.11 bits per heavy atom. The smallest absolute Gasteiger partial charge is 0.171 e. The van der Waals surface area contributed by atoms with E-state index in [1.54, 1.807) is 7.11 Å². The van der Waals surface area contributed by atoms with Gasteiger partial charge in [-0.1, -0.05) is 24.2 Å². The third kappa shape index (κ3) is 3.67. The molecule has 0 saturated heterocycles. The van der Waals surface area contributed by atoms with Crippen LogP contribution >= 0.6 is 0 Å². The second kappa shape index (κ2) is 6.35. The molecular weight excluding hydrogens is 242 g/mol. The van der Waals surface area contributed by atoms with Crippen LogP contribution in [0, 0.1) is 6.92 Å². The Bertz CT molecular complexity index is 435. The molecule has 0 aliphatic heterocycles. The Kier molecular flexibility index (Phi) is 5.32. The highest BCUT2D eigenvalue weighted by atomic mass is 16.6. The van der Waals surface area contributed by atoms with E-state index in [0.717, 1.165) is 29.0 Å². The van der Waals surface area contributed by atoms with Gasteiger partial charge in [-0.15, -0.1) is 0 Å². The zero-order valence-corrected chi connectivity index (χ0v) is 12.9. The quantitative estimate of drug-likeness (QED) is 0.708. The molecule has 0 unspecified atom stereocenters. The molecule has 1 rings (SSSR count). The van der Waals surface area contributed by atoms with Gasteiger partial charge in [0.05, 0.1) is 17.9 Å². The van der Waals surface area contributed by atoms with Crippen molar-refractivity contribution in [2.45, 2.75) is 52.7 Å². The molecule has 108 valence electrons. The Morgan fingerprint density at radius 1 is 1.47 bits per heavy atom. The van der Waals surface area contributed by atoms with E-state index in [1.807, 2.05) is 27.7 Å². The van der Waals surface area contributed by atoms with Gasteiger partial charge < -0.3 is 14.0 Å². The standard InChI is InChI=1S/C15H25NO3/c1-8-12-11(4)13(19-16-12)14(15(5,6)17-7)18-9-10(2)3/h14H,2,8-9H2,1,3-7H3/t14-/m0/s1. The summed E-state index contributed by atoms with van der Waals surface area (Å²) >= 11 is 0. The Morgan fingerprint density at radius 3 is 2.53 bits per heavy atom. The minimum absolute atomic E-state index is 0.304. The van der Waals surface area contributed by atoms with Crippen LogP contribution in [0.5, 0.6) is 0 Å². The van der Waals surface area contributed by atoms with Gasteiger partial charge in [-0.3, -0.25) is 0 Å². The number of hydrogen-bond donors (Lipinski definition) is 0. The SMILES string of the molecule is C=C(C)CO[C@@H](c1onc(CC)c1C)C(C)(C)OC. The van der Waals surface area contributed by atoms with Crippen molar-refractivity contribution >= 4 is 0 Å². The summed E-state index contributed by atoms with van der Waals surface area (Å²) in [5.74, 6) is 0.741. The topological polar surface area (TPSA) is 44.5 Å². The molecule has 1 aromatic rings. The molecule has 0 radical (unpaired) electrons. The van der Waals surface area contributed by atoms with Gasteiger partial charge in [0, 0.05) is 12.7 Å². The zero-order chi connectivity index (χ0) is 14.6. The lowest BCUT2D eigenvalue weighted by atomic mass is 9.96. The highest BCUT2D eigenvalue weighted by molar-refractivity contribution is 5.24. The van der Waals surface area contributed by atoms with Crippen molar-refractivity contribution in [2.75, 3.05) is 13.7 Å². The fourth-order valence-corrected chi connectivity index (χ4v) is 1.88. The van der Waals surface area contributed by atoms with E-state index in [0.29, 0.717) is 6.61 Å². The van der Waals surface area contributed by atoms with E-state index in [-0.39, 0.29) is 6.10 Å². The lowest BCUT2D eigenvalue weighted by Crippen LogP contribution is -2.34. The minimum Gasteiger partial charge on any atom is -0.376 e. The molecule has 1 aromatic heterocycles. The van der Waals surface area contributed by atoms with Crippen molar-refractivity contribution in [1.29, 1.82) is 0 Å². The molecular formula is C15H25NO3. The van der Waals surface area contributed by atoms with Crippen LogP contribution in [-0.4, -0.2) is 24.5 Å². The van der Waals surface area contributed by atoms with Gasteiger partial charge in [-0.2, -0.15) is 0 Å². The van der Waals surface area contributed by atoms with Crippen LogP contribution < -0.4 is 0 Å². The molecule has 4 nitrogen and oxygen atoms in total. The van der Waals surface area contributed by atoms with Crippen molar-refractivity contribution in [3.8, 4) is 0 Å². The van der Waals surface area contributed by atoms with Crippen LogP contribution in [0.25, 0.3) is 0 Å². The molecule has 0 spiro atoms. The molecule has 0 amide bonds. The van der Waals surface area contributed by atoms with Crippen LogP contribution in [0.15, 0.2) is 16.7 Å². The van der Waals surface area contributed by atoms with Gasteiger partial charge in [-0.25, -0.2) is 0 Å². The maximum atomic E-state index is 5.93. The van der Waals surface area contributed by atoms with Gasteiger partial charge in [0.2, 0.25) is 0 Å². The Labute approximate surface area is 115 Å². The van der Waals surface area contributed by atoms with Gasteiger partial charge >= 0.3 is 0 Å². The van der Waals surface area contributed by atoms with Crippen LogP contribution in [0.2, 0.25) is 0 Å². The molecule has 0 aliphatic carbocycles. The first-order valence-electron chi connectivity index (χ1n) is 6.59. The lowest BCUT2D eigenvalue weighted by molar-refractivity contribution is -0.116. The third-order valence-electron chi connectivity index (χ3n) is 3.28. The molecule has 19 heavy (non-hydrogen) atoms. The highest BCUT2D eigenvalue weighted by Gasteiger charge is 2.36. The van der Waals surface area contributed by atoms with E-state index >= 15 is 0 Å². The first-order valence-corrected chi connectivity index (χ1v) is 6.59. The third-order valence-corrected chi connectivity index (χ3v) is 3.28. The summed E-state index contributed by atoms with van der Waals surface area (Å²) < 4.78 is 17.0. The molecule has 1 heterocycles. The fraction of sp³-hybridized carbons (Fsp3) is 0.667. The van der Waals surface area contributed by atoms with Gasteiger partial charge in [-0.05, 0) is 34.1 Å². The van der Waals surface area contributed by atoms with E-state index in [2.05, 4.69) is 18.7 Å². The average Bonchev–Trinajstić information content (AvgIpc) is 2.70. The second-order valence-electron chi connectivity index (χ2n) is 5.43. The summed E-state index contributed by atoms with van der Waals surface area (Å²) in [6.45, 7) is 14.3. The highest BCUT2D eigenvalue weighted by Crippen LogP contribution is 2.35. The zero-order valence-electron chi connectivity index (χ0n) is 12.9. The Hall–Kier alpha value is -1.13. The van der Waals surface area contributed by atoms with Crippen LogP contribution in [0.3, 0.4) is 0 Å². The van der Waals surface area contributed by atoms with Crippen molar-refractivity contribution in [2.24, 2.45) is 0 Å². The summed E-state index contributed by atoms with van der Waals surface area (Å²) in [7, 11) is 1.67. The number of rotatable bonds is 7. The van der Waals surface area contributed by atoms with Crippen LogP contribution in [0.1, 0.15) is 50.8 Å². The molecule has 4 heteroatoms. The predicted octanol–water partition coefficient (Wildman–Crippen LogP) is 3.60. The predicted molar refractivity (Wildman–Crippen MR) is 75.2 cm³/mol. The monoisotopic (exact) mass is 267 g/mol. The summed E-state index contributed by atoms with van der Waals surface area (Å²) in [4.78, 5) is 0. The van der Waals surface area contributed by atoms with E-state index in [9.17, 15) is 0 Å². The molecule has 1 atom stereocenters. The van der Waals surface area contributed by atoms with Crippen LogP contribution in [-0.2, 0) is 15.9 Å². The van der Waals surface area contributed by atoms with Gasteiger partial charge in [0.15, 0.2) is 5.76 Å². The maximum absolute atomic E-state index is 5.93. The number of nitrogens with zero attached hydrogens (tertiary/aromatic N) is 1. The molecule has 0 fully saturated rings. The fourth-order valence-electron chi connectivity index (χ4n) is 1.88. The normalized spacial score (nSPS) is 13.6. The molecule has 0 bridgehead atoms. The van der Waals surface area contributed by atoms with E-state index in [4.69, 9.17) is 14.0 Å². The maximum Gasteiger partial charge on any atom is 0.171 e. The van der Waals surface area contributed by atoms with Gasteiger partial charge in [0.25, 0.3) is 0 Å². The molecule has 0 saturated carbocycles. The van der Waals surface area contributed by atoms with E-state index in [1.165, 1.54) is 0 Å². The van der Waals surface area contributed by atoms with E-state index < -0.39 is 5.60 Å². The van der Waals surface area contributed by atoms with Crippen molar-refractivity contribution in [1.82, 2.24) is 5.16 Å². The number of ether oxygens (including phenoxy) is 2. The minimum atomic E-state index is -0.495. The first kappa shape index (κ1) is 15.9. The van der Waals surface area contributed by atoms with Gasteiger partial charge in [0.1, 0.15) is 6.10 Å². The first-order chi connectivity index (χ1) is 8.83. The average molecular weight is 267 g/mol. The molecule has 0 N–H and O–H groups in total. The molecule has 0 aliphatic rings. The summed E-state index contributed by atoms with van der Waals surface area (Å²) in [5, 5.41) is 4.10. The van der Waals surface area contributed by atoms with Crippen molar-refractivity contribution in [3.05, 3.63) is 29.2 Å². The summed E-state index contributed by atoms with van der Waals surface area (Å²) in [6.07, 6.45) is 0.540. The largest absolute Gasteiger partial charge is 0.376 e. The van der Waals surface area contributed by atoms with Crippen molar-refractivity contribution < 1.29 is 14.0 Å². The molecule has 0 aromatic carbocycles.